The lowest BCUT2D eigenvalue weighted by Crippen LogP contribution is -2.37. The van der Waals surface area contributed by atoms with Gasteiger partial charge in [0.2, 0.25) is 0 Å². The van der Waals surface area contributed by atoms with Crippen LogP contribution in [0.1, 0.15) is 6.92 Å². The molecule has 2 aliphatic rings. The predicted molar refractivity (Wildman–Crippen MR) is 104 cm³/mol. The van der Waals surface area contributed by atoms with E-state index in [9.17, 15) is 19.7 Å². The van der Waals surface area contributed by atoms with Crippen LogP contribution in [-0.2, 0) is 43.9 Å². The van der Waals surface area contributed by atoms with E-state index in [2.05, 4.69) is 16.8 Å². The molecule has 0 aromatic rings. The quantitative estimate of drug-likeness (QED) is 0.157. The Bertz CT molecular complexity index is 630. The summed E-state index contributed by atoms with van der Waals surface area (Å²) in [6.45, 7) is -7.01. The van der Waals surface area contributed by atoms with Gasteiger partial charge in [0.1, 0.15) is 44.5 Å². The molecule has 0 saturated carbocycles. The molecule has 0 bridgehead atoms. The molecule has 162 valence electrons. The minimum absolute atomic E-state index is 0.389. The van der Waals surface area contributed by atoms with Gasteiger partial charge in [-0.3, -0.25) is 4.52 Å². The Morgan fingerprint density at radius 1 is 1.18 bits per heavy atom. The molecule has 2 heterocycles. The maximum atomic E-state index is 11.9. The normalized spacial score (nSPS) is 43.0. The topological polar surface area (TPSA) is 153 Å². The molecule has 0 amide bonds. The fourth-order valence-electron chi connectivity index (χ4n) is 2.77. The number of hydrogen-bond donors (Lipinski definition) is 5. The highest BCUT2D eigenvalue weighted by Crippen LogP contribution is 2.55. The molecule has 2 radical (unpaired) electrons. The molecular formula is C12H23BO11P2S2. The Hall–Kier alpha value is 0.895. The summed E-state index contributed by atoms with van der Waals surface area (Å²) in [6.07, 6.45) is -7.48. The first-order chi connectivity index (χ1) is 12.9. The predicted octanol–water partition coefficient (Wildman–Crippen LogP) is -0.931. The summed E-state index contributed by atoms with van der Waals surface area (Å²) in [4.78, 5) is 10.3. The van der Waals surface area contributed by atoms with Crippen LogP contribution in [0.2, 0.25) is 0 Å². The van der Waals surface area contributed by atoms with Gasteiger partial charge in [0.05, 0.1) is 19.3 Å². The average Bonchev–Trinajstić information content (AvgIpc) is 3.04. The summed E-state index contributed by atoms with van der Waals surface area (Å²) >= 11 is 8.66. The van der Waals surface area contributed by atoms with Crippen LogP contribution >= 0.6 is 25.8 Å². The summed E-state index contributed by atoms with van der Waals surface area (Å²) in [6, 6.07) is -1.14. The van der Waals surface area contributed by atoms with Crippen LogP contribution in [-0.4, -0.2) is 97.1 Å². The third-order valence-electron chi connectivity index (χ3n) is 4.27. The number of aliphatic hydroxyl groups excluding tert-OH is 3. The zero-order valence-corrected chi connectivity index (χ0v) is 18.5. The van der Waals surface area contributed by atoms with Crippen molar-refractivity contribution in [2.24, 2.45) is 0 Å². The molecule has 11 nitrogen and oxygen atoms in total. The van der Waals surface area contributed by atoms with Gasteiger partial charge in [-0.25, -0.2) is 4.57 Å². The van der Waals surface area contributed by atoms with Crippen molar-refractivity contribution in [2.75, 3.05) is 20.3 Å². The van der Waals surface area contributed by atoms with Crippen LogP contribution in [0, 0.1) is 0 Å². The fourth-order valence-corrected chi connectivity index (χ4v) is 5.18. The van der Waals surface area contributed by atoms with E-state index in [4.69, 9.17) is 47.8 Å². The SMILES string of the molecule is [B][C@@H]1O[C@H](CO)C(O)[C@@H]1OP(O)(=S)OC[C@H]1O[C@@H](C)[C@@H](O)C1OP(=O)(S)OC. The lowest BCUT2D eigenvalue weighted by atomic mass is 9.93. The van der Waals surface area contributed by atoms with Crippen LogP contribution in [0.25, 0.3) is 0 Å². The second-order valence-corrected chi connectivity index (χ2v) is 12.0. The van der Waals surface area contributed by atoms with Gasteiger partial charge in [0.15, 0.2) is 0 Å². The van der Waals surface area contributed by atoms with Gasteiger partial charge in [-0.05, 0) is 18.7 Å². The highest BCUT2D eigenvalue weighted by Gasteiger charge is 2.47. The Balaban J connectivity index is 1.98. The number of aliphatic hydroxyl groups is 3. The minimum Gasteiger partial charge on any atom is -0.394 e. The smallest absolute Gasteiger partial charge is 0.386 e. The molecule has 16 heteroatoms. The second kappa shape index (κ2) is 10.0. The van der Waals surface area contributed by atoms with Crippen molar-refractivity contribution in [3.63, 3.8) is 0 Å². The molecule has 2 aliphatic heterocycles. The molecule has 0 aromatic carbocycles. The van der Waals surface area contributed by atoms with Crippen LogP contribution in [0.15, 0.2) is 0 Å². The first kappa shape index (κ1) is 25.2. The van der Waals surface area contributed by atoms with Crippen molar-refractivity contribution in [1.82, 2.24) is 0 Å². The van der Waals surface area contributed by atoms with Crippen molar-refractivity contribution < 1.29 is 52.3 Å². The van der Waals surface area contributed by atoms with Crippen LogP contribution in [0.5, 0.6) is 0 Å². The molecule has 28 heavy (non-hydrogen) atoms. The summed E-state index contributed by atoms with van der Waals surface area (Å²) < 4.78 is 42.8. The summed E-state index contributed by atoms with van der Waals surface area (Å²) in [5.74, 6) is 0. The molecule has 10 atom stereocenters. The van der Waals surface area contributed by atoms with Crippen molar-refractivity contribution in [1.29, 1.82) is 0 Å². The molecule has 0 spiro atoms. The largest absolute Gasteiger partial charge is 0.394 e. The molecule has 4 N–H and O–H groups in total. The lowest BCUT2D eigenvalue weighted by Gasteiger charge is -2.27. The highest BCUT2D eigenvalue weighted by molar-refractivity contribution is 8.44. The number of ether oxygens (including phenoxy) is 2. The summed E-state index contributed by atoms with van der Waals surface area (Å²) in [7, 11) is 6.79. The van der Waals surface area contributed by atoms with Gasteiger partial charge < -0.3 is 43.3 Å². The third-order valence-corrected chi connectivity index (χ3v) is 7.57. The van der Waals surface area contributed by atoms with Crippen molar-refractivity contribution in [2.45, 2.75) is 55.7 Å². The van der Waals surface area contributed by atoms with E-state index in [0.717, 1.165) is 7.11 Å². The second-order valence-electron chi connectivity index (χ2n) is 6.24. The molecule has 0 aromatic heterocycles. The molecule has 2 saturated heterocycles. The van der Waals surface area contributed by atoms with Crippen molar-refractivity contribution in [3.8, 4) is 0 Å². The van der Waals surface area contributed by atoms with Gasteiger partial charge in [-0.1, -0.05) is 12.2 Å². The van der Waals surface area contributed by atoms with Crippen LogP contribution < -0.4 is 0 Å². The first-order valence-electron chi connectivity index (χ1n) is 8.17. The minimum atomic E-state index is -3.93. The lowest BCUT2D eigenvalue weighted by molar-refractivity contribution is -0.0188. The van der Waals surface area contributed by atoms with Crippen molar-refractivity contribution in [3.05, 3.63) is 0 Å². The average molecular weight is 480 g/mol. The van der Waals surface area contributed by atoms with Gasteiger partial charge in [-0.15, -0.1) is 0 Å². The number of rotatable bonds is 9. The van der Waals surface area contributed by atoms with Gasteiger partial charge >= 0.3 is 13.5 Å². The highest BCUT2D eigenvalue weighted by atomic mass is 32.7. The zero-order valence-electron chi connectivity index (χ0n) is 15.0. The Kier molecular flexibility index (Phi) is 8.99. The van der Waals surface area contributed by atoms with E-state index < -0.39 is 68.9 Å². The Morgan fingerprint density at radius 2 is 1.82 bits per heavy atom. The van der Waals surface area contributed by atoms with Crippen molar-refractivity contribution >= 4 is 45.4 Å². The van der Waals surface area contributed by atoms with E-state index in [1.165, 1.54) is 0 Å². The number of thiol groups is 1. The molecule has 2 rings (SSSR count). The zero-order chi connectivity index (χ0) is 21.3. The molecule has 0 aliphatic carbocycles. The molecular weight excluding hydrogens is 457 g/mol. The Labute approximate surface area is 173 Å². The molecule has 2 fully saturated rings. The maximum Gasteiger partial charge on any atom is 0.386 e. The van der Waals surface area contributed by atoms with Crippen LogP contribution in [0.3, 0.4) is 0 Å². The summed E-state index contributed by atoms with van der Waals surface area (Å²) in [5.41, 5.74) is 0. The van der Waals surface area contributed by atoms with E-state index in [1.54, 1.807) is 6.92 Å². The van der Waals surface area contributed by atoms with Gasteiger partial charge in [0, 0.05) is 13.1 Å². The monoisotopic (exact) mass is 480 g/mol. The van der Waals surface area contributed by atoms with E-state index in [0.29, 0.717) is 0 Å². The fraction of sp³-hybridized carbons (Fsp3) is 1.00. The summed E-state index contributed by atoms with van der Waals surface area (Å²) in [5, 5.41) is 29.3. The molecule has 4 unspecified atom stereocenters. The van der Waals surface area contributed by atoms with E-state index >= 15 is 0 Å². The van der Waals surface area contributed by atoms with Gasteiger partial charge in [0.25, 0.3) is 0 Å². The number of hydrogen-bond acceptors (Lipinski definition) is 11. The third kappa shape index (κ3) is 6.21. The maximum absolute atomic E-state index is 11.9. The van der Waals surface area contributed by atoms with Crippen LogP contribution in [0.4, 0.5) is 0 Å². The van der Waals surface area contributed by atoms with Gasteiger partial charge in [-0.2, -0.15) is 0 Å². The standard InChI is InChI=1S/C12H23BO11P2S2/c1-5-8(15)10(23-25(17,27)19-2)7(21-5)4-20-26(18,28)24-11-9(16)6(3-14)22-12(11)13/h5-12,14-16H,3-4H2,1-2H3,(H,17,27)(H,18,28)/t5-,6+,7+,8+,9?,10?,11-,12+,25?,26?/m0/s1. The van der Waals surface area contributed by atoms with E-state index in [1.807, 2.05) is 0 Å². The van der Waals surface area contributed by atoms with E-state index in [-0.39, 0.29) is 6.61 Å². The Morgan fingerprint density at radius 3 is 2.36 bits per heavy atom. The first-order valence-corrected chi connectivity index (χ1v) is 13.5.